The van der Waals surface area contributed by atoms with Gasteiger partial charge in [-0.3, -0.25) is 14.4 Å². The molecule has 5 rings (SSSR count). The maximum atomic E-state index is 13.7. The highest BCUT2D eigenvalue weighted by molar-refractivity contribution is 6.43. The molecule has 2 fully saturated rings. The van der Waals surface area contributed by atoms with Gasteiger partial charge in [-0.2, -0.15) is 0 Å². The maximum absolute atomic E-state index is 13.7. The summed E-state index contributed by atoms with van der Waals surface area (Å²) in [5.74, 6) is -2.60. The molecule has 2 amide bonds. The van der Waals surface area contributed by atoms with Crippen molar-refractivity contribution in [2.45, 2.75) is 12.8 Å². The number of imide groups is 1. The zero-order valence-electron chi connectivity index (χ0n) is 17.6. The third kappa shape index (κ3) is 2.60. The number of ether oxygens (including phenoxy) is 1. The number of methoxy groups -OCH3 is 1. The number of Topliss-reactive ketones (excluding diaryl/α,β-unsaturated/α-hetero) is 1. The number of hydrogen-bond acceptors (Lipinski definition) is 6. The van der Waals surface area contributed by atoms with Gasteiger partial charge in [-0.05, 0) is 37.1 Å². The first kappa shape index (κ1) is 19.9. The van der Waals surface area contributed by atoms with E-state index in [1.807, 2.05) is 30.3 Å². The van der Waals surface area contributed by atoms with Gasteiger partial charge in [-0.15, -0.1) is 0 Å². The van der Waals surface area contributed by atoms with Crippen LogP contribution in [0, 0.1) is 5.41 Å². The van der Waals surface area contributed by atoms with Gasteiger partial charge in [-0.25, -0.2) is 9.69 Å². The Morgan fingerprint density at radius 2 is 1.47 bits per heavy atom. The summed E-state index contributed by atoms with van der Waals surface area (Å²) in [6.07, 6.45) is 0.977. The molecule has 7 heteroatoms. The van der Waals surface area contributed by atoms with Crippen LogP contribution in [-0.4, -0.2) is 37.7 Å². The number of amides is 2. The lowest BCUT2D eigenvalue weighted by Gasteiger charge is -2.33. The standard InChI is InChI=1S/C25H20N2O5/c1-26(15-9-5-3-6-10-15)20-18-17(19(24(31)32-2)21(28)25(20)13-14-25)22(29)27(23(18)30)16-11-7-4-8-12-16/h3-12H,13-14H2,1-2H3. The first-order valence-electron chi connectivity index (χ1n) is 10.3. The summed E-state index contributed by atoms with van der Waals surface area (Å²) in [4.78, 5) is 56.3. The van der Waals surface area contributed by atoms with E-state index in [2.05, 4.69) is 0 Å². The highest BCUT2D eigenvalue weighted by Gasteiger charge is 2.64. The summed E-state index contributed by atoms with van der Waals surface area (Å²) in [7, 11) is 2.93. The van der Waals surface area contributed by atoms with Crippen LogP contribution >= 0.6 is 0 Å². The topological polar surface area (TPSA) is 84.0 Å². The lowest BCUT2D eigenvalue weighted by molar-refractivity contribution is -0.139. The SMILES string of the molecule is COC(=O)C1=C2C(=O)N(c3ccccc3)C(=O)C2=C(N(C)c2ccccc2)C2(CC2)C1=O. The Balaban J connectivity index is 1.81. The Morgan fingerprint density at radius 3 is 2.03 bits per heavy atom. The number of esters is 1. The maximum Gasteiger partial charge on any atom is 0.342 e. The number of para-hydroxylation sites is 2. The molecular formula is C25H20N2O5. The number of anilines is 2. The molecule has 1 aliphatic heterocycles. The van der Waals surface area contributed by atoms with Crippen molar-refractivity contribution in [2.75, 3.05) is 24.0 Å². The molecule has 32 heavy (non-hydrogen) atoms. The number of allylic oxidation sites excluding steroid dienone is 1. The first-order chi connectivity index (χ1) is 15.4. The number of ketones is 1. The van der Waals surface area contributed by atoms with Crippen LogP contribution in [0.2, 0.25) is 0 Å². The molecule has 0 aromatic heterocycles. The molecular weight excluding hydrogens is 408 g/mol. The van der Waals surface area contributed by atoms with Crippen LogP contribution in [-0.2, 0) is 23.9 Å². The number of rotatable bonds is 4. The molecule has 0 bridgehead atoms. The van der Waals surface area contributed by atoms with Gasteiger partial charge >= 0.3 is 5.97 Å². The Bertz CT molecular complexity index is 1240. The largest absolute Gasteiger partial charge is 0.465 e. The fourth-order valence-electron chi connectivity index (χ4n) is 4.65. The summed E-state index contributed by atoms with van der Waals surface area (Å²) in [5, 5.41) is 0. The second kappa shape index (κ2) is 7.02. The van der Waals surface area contributed by atoms with Crippen LogP contribution in [0.5, 0.6) is 0 Å². The third-order valence-electron chi connectivity index (χ3n) is 6.32. The summed E-state index contributed by atoms with van der Waals surface area (Å²) >= 11 is 0. The van der Waals surface area contributed by atoms with Gasteiger partial charge in [0.15, 0.2) is 5.78 Å². The smallest absolute Gasteiger partial charge is 0.342 e. The fourth-order valence-corrected chi connectivity index (χ4v) is 4.65. The number of fused-ring (bicyclic) bond motifs is 1. The first-order valence-corrected chi connectivity index (χ1v) is 10.3. The quantitative estimate of drug-likeness (QED) is 0.423. The van der Waals surface area contributed by atoms with Gasteiger partial charge < -0.3 is 9.64 Å². The van der Waals surface area contributed by atoms with Gasteiger partial charge in [0.05, 0.1) is 29.4 Å². The number of benzene rings is 2. The average molecular weight is 428 g/mol. The molecule has 0 radical (unpaired) electrons. The molecule has 1 saturated carbocycles. The second-order valence-electron chi connectivity index (χ2n) is 8.05. The molecule has 0 unspecified atom stereocenters. The highest BCUT2D eigenvalue weighted by atomic mass is 16.5. The van der Waals surface area contributed by atoms with Gasteiger partial charge in [0, 0.05) is 18.4 Å². The molecule has 1 heterocycles. The van der Waals surface area contributed by atoms with E-state index in [1.54, 1.807) is 42.3 Å². The highest BCUT2D eigenvalue weighted by Crippen LogP contribution is 2.60. The van der Waals surface area contributed by atoms with Gasteiger partial charge in [0.2, 0.25) is 0 Å². The van der Waals surface area contributed by atoms with E-state index in [1.165, 1.54) is 0 Å². The second-order valence-corrected chi connectivity index (χ2v) is 8.05. The predicted molar refractivity (Wildman–Crippen MR) is 117 cm³/mol. The summed E-state index contributed by atoms with van der Waals surface area (Å²) in [6, 6.07) is 17.8. The van der Waals surface area contributed by atoms with Crippen molar-refractivity contribution in [3.05, 3.63) is 83.1 Å². The fraction of sp³-hybridized carbons (Fsp3) is 0.200. The lowest BCUT2D eigenvalue weighted by Crippen LogP contribution is -2.38. The van der Waals surface area contributed by atoms with Crippen LogP contribution in [0.25, 0.3) is 0 Å². The van der Waals surface area contributed by atoms with Gasteiger partial charge in [-0.1, -0.05) is 36.4 Å². The zero-order chi connectivity index (χ0) is 22.6. The Labute approximate surface area is 184 Å². The Morgan fingerprint density at radius 1 is 0.906 bits per heavy atom. The molecule has 2 aliphatic carbocycles. The predicted octanol–water partition coefficient (Wildman–Crippen LogP) is 2.78. The molecule has 7 nitrogen and oxygen atoms in total. The van der Waals surface area contributed by atoms with Crippen molar-refractivity contribution >= 4 is 34.9 Å². The van der Waals surface area contributed by atoms with E-state index in [0.717, 1.165) is 17.7 Å². The average Bonchev–Trinajstić information content (AvgIpc) is 3.57. The summed E-state index contributed by atoms with van der Waals surface area (Å²) in [6.45, 7) is 0. The molecule has 3 aliphatic rings. The van der Waals surface area contributed by atoms with Crippen molar-refractivity contribution in [3.8, 4) is 0 Å². The van der Waals surface area contributed by atoms with Crippen molar-refractivity contribution in [1.29, 1.82) is 0 Å². The number of nitrogens with zero attached hydrogens (tertiary/aromatic N) is 2. The minimum Gasteiger partial charge on any atom is -0.465 e. The molecule has 160 valence electrons. The van der Waals surface area contributed by atoms with E-state index < -0.39 is 29.0 Å². The minimum absolute atomic E-state index is 0.0997. The zero-order valence-corrected chi connectivity index (χ0v) is 17.6. The molecule has 0 N–H and O–H groups in total. The van der Waals surface area contributed by atoms with E-state index in [9.17, 15) is 19.2 Å². The van der Waals surface area contributed by atoms with Gasteiger partial charge in [0.1, 0.15) is 5.57 Å². The van der Waals surface area contributed by atoms with Crippen LogP contribution in [0.15, 0.2) is 83.1 Å². The molecule has 0 atom stereocenters. The van der Waals surface area contributed by atoms with Crippen LogP contribution in [0.4, 0.5) is 11.4 Å². The molecule has 1 spiro atoms. The molecule has 1 saturated heterocycles. The van der Waals surface area contributed by atoms with E-state index >= 15 is 0 Å². The number of carbonyl (C=O) groups excluding carboxylic acids is 4. The van der Waals surface area contributed by atoms with E-state index in [0.29, 0.717) is 24.2 Å². The van der Waals surface area contributed by atoms with E-state index in [4.69, 9.17) is 4.74 Å². The van der Waals surface area contributed by atoms with Crippen molar-refractivity contribution < 1.29 is 23.9 Å². The van der Waals surface area contributed by atoms with Crippen molar-refractivity contribution in [1.82, 2.24) is 0 Å². The molecule has 2 aromatic carbocycles. The lowest BCUT2D eigenvalue weighted by atomic mass is 9.78. The Kier molecular flexibility index (Phi) is 4.37. The van der Waals surface area contributed by atoms with Crippen LogP contribution < -0.4 is 9.80 Å². The van der Waals surface area contributed by atoms with E-state index in [-0.39, 0.29) is 16.7 Å². The minimum atomic E-state index is -1.02. The van der Waals surface area contributed by atoms with Crippen molar-refractivity contribution in [3.63, 3.8) is 0 Å². The molecule has 2 aromatic rings. The summed E-state index contributed by atoms with van der Waals surface area (Å²) < 4.78 is 4.86. The van der Waals surface area contributed by atoms with Crippen molar-refractivity contribution in [2.24, 2.45) is 5.41 Å². The number of hydrogen-bond donors (Lipinski definition) is 0. The number of carbonyl (C=O) groups is 4. The Hall–Kier alpha value is -4.00. The van der Waals surface area contributed by atoms with Crippen LogP contribution in [0.3, 0.4) is 0 Å². The van der Waals surface area contributed by atoms with Gasteiger partial charge in [0.25, 0.3) is 11.8 Å². The monoisotopic (exact) mass is 428 g/mol. The van der Waals surface area contributed by atoms with Crippen LogP contribution in [0.1, 0.15) is 12.8 Å². The third-order valence-corrected chi connectivity index (χ3v) is 6.32. The normalized spacial score (nSPS) is 18.9. The summed E-state index contributed by atoms with van der Waals surface area (Å²) in [5.41, 5.74) is 0.188.